The molecule has 0 bridgehead atoms. The van der Waals surface area contributed by atoms with Gasteiger partial charge < -0.3 is 14.7 Å². The smallest absolute Gasteiger partial charge is 0.178 e. The van der Waals surface area contributed by atoms with Crippen molar-refractivity contribution in [3.63, 3.8) is 0 Å². The van der Waals surface area contributed by atoms with Gasteiger partial charge in [0.15, 0.2) is 23.5 Å². The van der Waals surface area contributed by atoms with E-state index >= 15 is 0 Å². The molecule has 1 aliphatic heterocycles. The lowest BCUT2D eigenvalue weighted by Crippen LogP contribution is -2.99. The highest BCUT2D eigenvalue weighted by molar-refractivity contribution is 5.83. The number of nitrogens with one attached hydrogen (secondary N) is 1. The maximum Gasteiger partial charge on any atom is 0.178 e. The third-order valence-electron chi connectivity index (χ3n) is 2.07. The summed E-state index contributed by atoms with van der Waals surface area (Å²) in [6, 6.07) is 2.69. The predicted molar refractivity (Wildman–Crippen MR) is 48.6 cm³/mol. The number of benzene rings is 1. The van der Waals surface area contributed by atoms with Crippen molar-refractivity contribution >= 4 is 12.0 Å². The van der Waals surface area contributed by atoms with Crippen molar-refractivity contribution < 1.29 is 24.7 Å². The number of hydrogen-bond acceptors (Lipinski definition) is 5. The zero-order chi connectivity index (χ0) is 10.8. The Balaban J connectivity index is 2.51. The minimum atomic E-state index is -1.16. The van der Waals surface area contributed by atoms with Gasteiger partial charge in [0.2, 0.25) is 0 Å². The summed E-state index contributed by atoms with van der Waals surface area (Å²) >= 11 is 0. The molecule has 0 amide bonds. The summed E-state index contributed by atoms with van der Waals surface area (Å²) in [4.78, 5) is 10.7. The number of carbonyl (C=O) groups excluding carboxylic acids is 1. The van der Waals surface area contributed by atoms with Gasteiger partial charge in [-0.2, -0.15) is 5.23 Å². The lowest BCUT2D eigenvalue weighted by atomic mass is 10.1. The molecule has 0 saturated heterocycles. The molecule has 1 atom stereocenters. The van der Waals surface area contributed by atoms with Gasteiger partial charge in [-0.25, -0.2) is 5.21 Å². The highest BCUT2D eigenvalue weighted by Crippen LogP contribution is 2.33. The van der Waals surface area contributed by atoms with Crippen LogP contribution in [0.15, 0.2) is 12.1 Å². The van der Waals surface area contributed by atoms with Crippen molar-refractivity contribution in [1.29, 1.82) is 0 Å². The van der Waals surface area contributed by atoms with Crippen LogP contribution >= 0.6 is 0 Å². The lowest BCUT2D eigenvalue weighted by Gasteiger charge is -2.21. The second-order valence-electron chi connectivity index (χ2n) is 3.01. The van der Waals surface area contributed by atoms with E-state index in [1.807, 2.05) is 0 Å². The Hall–Kier alpha value is -1.63. The number of aldehydes is 1. The van der Waals surface area contributed by atoms with Crippen LogP contribution < -0.4 is 14.7 Å². The standard InChI is InChI=1S/C9H9NO5/c11-5-6-3-8-9(15-2-1-14-8)4-7(6)10(12)13/h3-5,10,12H,1-2H2. The zero-order valence-electron chi connectivity index (χ0n) is 7.73. The topological polar surface area (TPSA) is 83.3 Å². The molecule has 1 heterocycles. The van der Waals surface area contributed by atoms with Crippen LogP contribution in [0.25, 0.3) is 0 Å². The monoisotopic (exact) mass is 211 g/mol. The van der Waals surface area contributed by atoms with Crippen LogP contribution in [-0.4, -0.2) is 24.7 Å². The molecule has 2 rings (SSSR count). The first-order valence-electron chi connectivity index (χ1n) is 4.34. The fraction of sp³-hybridized carbons (Fsp3) is 0.222. The predicted octanol–water partition coefficient (Wildman–Crippen LogP) is -0.326. The Morgan fingerprint density at radius 1 is 1.33 bits per heavy atom. The van der Waals surface area contributed by atoms with E-state index < -0.39 is 5.23 Å². The summed E-state index contributed by atoms with van der Waals surface area (Å²) in [5.41, 5.74) is 0.0148. The van der Waals surface area contributed by atoms with Crippen molar-refractivity contribution in [2.75, 3.05) is 13.2 Å². The molecular formula is C9H9NO5. The molecule has 6 nitrogen and oxygen atoms in total. The quantitative estimate of drug-likeness (QED) is 0.517. The van der Waals surface area contributed by atoms with Gasteiger partial charge >= 0.3 is 0 Å². The Labute approximate surface area is 85.2 Å². The summed E-state index contributed by atoms with van der Waals surface area (Å²) in [7, 11) is 0. The summed E-state index contributed by atoms with van der Waals surface area (Å²) in [6.07, 6.45) is 0.488. The molecule has 80 valence electrons. The van der Waals surface area contributed by atoms with Gasteiger partial charge in [0.05, 0.1) is 5.56 Å². The van der Waals surface area contributed by atoms with Crippen LogP contribution in [0.1, 0.15) is 10.4 Å². The molecule has 0 spiro atoms. The van der Waals surface area contributed by atoms with E-state index in [2.05, 4.69) is 0 Å². The zero-order valence-corrected chi connectivity index (χ0v) is 7.73. The molecule has 1 unspecified atom stereocenters. The van der Waals surface area contributed by atoms with Crippen molar-refractivity contribution in [1.82, 2.24) is 0 Å². The number of rotatable bonds is 2. The molecule has 15 heavy (non-hydrogen) atoms. The van der Waals surface area contributed by atoms with Gasteiger partial charge in [0.25, 0.3) is 0 Å². The number of ether oxygens (including phenoxy) is 2. The third kappa shape index (κ3) is 1.78. The average molecular weight is 211 g/mol. The van der Waals surface area contributed by atoms with Crippen LogP contribution in [0.3, 0.4) is 0 Å². The molecule has 6 heteroatoms. The third-order valence-corrected chi connectivity index (χ3v) is 2.07. The molecule has 0 aliphatic carbocycles. The van der Waals surface area contributed by atoms with Crippen LogP contribution in [-0.2, 0) is 0 Å². The Kier molecular flexibility index (Phi) is 2.55. The van der Waals surface area contributed by atoms with Crippen molar-refractivity contribution in [2.24, 2.45) is 0 Å². The molecular weight excluding hydrogens is 202 g/mol. The largest absolute Gasteiger partial charge is 0.595 e. The second kappa shape index (κ2) is 3.85. The number of hydrogen-bond donors (Lipinski definition) is 2. The fourth-order valence-corrected chi connectivity index (χ4v) is 1.39. The Morgan fingerprint density at radius 2 is 1.93 bits per heavy atom. The maximum absolute atomic E-state index is 10.8. The van der Waals surface area contributed by atoms with Crippen molar-refractivity contribution in [3.8, 4) is 11.5 Å². The molecule has 1 aromatic carbocycles. The summed E-state index contributed by atoms with van der Waals surface area (Å²) < 4.78 is 10.4. The van der Waals surface area contributed by atoms with Gasteiger partial charge in [-0.3, -0.25) is 4.79 Å². The van der Waals surface area contributed by atoms with Gasteiger partial charge in [0, 0.05) is 12.1 Å². The first-order valence-corrected chi connectivity index (χ1v) is 4.34. The number of carbonyl (C=O) groups is 1. The summed E-state index contributed by atoms with van der Waals surface area (Å²) in [5.74, 6) is 0.776. The summed E-state index contributed by atoms with van der Waals surface area (Å²) in [6.45, 7) is 0.782. The fourth-order valence-electron chi connectivity index (χ4n) is 1.39. The van der Waals surface area contributed by atoms with E-state index in [9.17, 15) is 10.0 Å². The maximum atomic E-state index is 10.8. The number of quaternary nitrogens is 1. The van der Waals surface area contributed by atoms with E-state index in [4.69, 9.17) is 14.7 Å². The second-order valence-corrected chi connectivity index (χ2v) is 3.01. The highest BCUT2D eigenvalue weighted by atomic mass is 16.8. The SMILES string of the molecule is O=Cc1cc2c(cc1[NH+]([O-])O)OCCO2. The lowest BCUT2D eigenvalue weighted by molar-refractivity contribution is -0.991. The van der Waals surface area contributed by atoms with Crippen molar-refractivity contribution in [3.05, 3.63) is 22.9 Å². The highest BCUT2D eigenvalue weighted by Gasteiger charge is 2.18. The van der Waals surface area contributed by atoms with E-state index in [1.165, 1.54) is 12.1 Å². The minimum Gasteiger partial charge on any atom is -0.595 e. The number of fused-ring (bicyclic) bond motifs is 1. The first kappa shape index (κ1) is 9.91. The molecule has 0 radical (unpaired) electrons. The van der Waals surface area contributed by atoms with Gasteiger partial charge in [-0.1, -0.05) is 0 Å². The first-order chi connectivity index (χ1) is 7.22. The molecule has 2 N–H and O–H groups in total. The van der Waals surface area contributed by atoms with Gasteiger partial charge in [0.1, 0.15) is 13.2 Å². The normalized spacial score (nSPS) is 15.9. The van der Waals surface area contributed by atoms with Gasteiger partial charge in [-0.05, 0) is 0 Å². The molecule has 1 aliphatic rings. The van der Waals surface area contributed by atoms with Crippen molar-refractivity contribution in [2.45, 2.75) is 0 Å². The summed E-state index contributed by atoms with van der Waals surface area (Å²) in [5, 5.41) is 18.5. The Bertz CT molecular complexity index is 390. The molecule has 0 aromatic heterocycles. The van der Waals surface area contributed by atoms with Crippen LogP contribution in [0.4, 0.5) is 5.69 Å². The van der Waals surface area contributed by atoms with Crippen LogP contribution in [0, 0.1) is 5.21 Å². The van der Waals surface area contributed by atoms with E-state index in [1.54, 1.807) is 0 Å². The van der Waals surface area contributed by atoms with Crippen LogP contribution in [0.2, 0.25) is 0 Å². The van der Waals surface area contributed by atoms with E-state index in [0.29, 0.717) is 31.0 Å². The average Bonchev–Trinajstić information content (AvgIpc) is 2.27. The minimum absolute atomic E-state index is 0.0748. The van der Waals surface area contributed by atoms with E-state index in [-0.39, 0.29) is 11.3 Å². The van der Waals surface area contributed by atoms with Crippen LogP contribution in [0.5, 0.6) is 11.5 Å². The molecule has 0 fully saturated rings. The Morgan fingerprint density at radius 3 is 2.47 bits per heavy atom. The van der Waals surface area contributed by atoms with E-state index in [0.717, 1.165) is 0 Å². The molecule has 0 saturated carbocycles. The molecule has 1 aromatic rings. The van der Waals surface area contributed by atoms with Gasteiger partial charge in [-0.15, -0.1) is 0 Å².